The van der Waals surface area contributed by atoms with Crippen molar-refractivity contribution in [2.24, 2.45) is 11.7 Å². The Morgan fingerprint density at radius 3 is 2.15 bits per heavy atom. The molecule has 0 radical (unpaired) electrons. The van der Waals surface area contributed by atoms with E-state index in [4.69, 9.17) is 19.8 Å². The summed E-state index contributed by atoms with van der Waals surface area (Å²) in [6.45, 7) is 13.9. The van der Waals surface area contributed by atoms with E-state index >= 15 is 0 Å². The molecule has 0 aromatic heterocycles. The van der Waals surface area contributed by atoms with Crippen LogP contribution in [0.3, 0.4) is 0 Å². The minimum atomic E-state index is -0.592. The zero-order valence-electron chi connectivity index (χ0n) is 17.3. The van der Waals surface area contributed by atoms with E-state index < -0.39 is 11.6 Å². The molecule has 0 spiro atoms. The van der Waals surface area contributed by atoms with Crippen molar-refractivity contribution in [1.29, 1.82) is 0 Å². The number of urea groups is 1. The molecule has 0 aromatic rings. The minimum absolute atomic E-state index is 0.0419. The molecular weight excluding hydrogens is 335 g/mol. The Morgan fingerprint density at radius 1 is 1.15 bits per heavy atom. The summed E-state index contributed by atoms with van der Waals surface area (Å²) in [6.07, 6.45) is 2.52. The quantitative estimate of drug-likeness (QED) is 0.506. The minimum Gasteiger partial charge on any atom is -0.460 e. The Kier molecular flexibility index (Phi) is 7.54. The number of esters is 1. The lowest BCUT2D eigenvalue weighted by Crippen LogP contribution is -2.41. The second kappa shape index (κ2) is 8.61. The standard InChI is InChI=1S/C18H35BN2O5/c1-16(2,3)24-14(22)11-13(12-21-15(20)23)9-8-10-19-25-17(4,5)18(6,7)26-19/h13H,8-12H2,1-7H3,(H3,20,21,23). The molecule has 8 heteroatoms. The van der Waals surface area contributed by atoms with Gasteiger partial charge in [-0.15, -0.1) is 0 Å². The van der Waals surface area contributed by atoms with Crippen LogP contribution >= 0.6 is 0 Å². The average Bonchev–Trinajstić information content (AvgIpc) is 2.61. The highest BCUT2D eigenvalue weighted by atomic mass is 16.7. The molecule has 7 nitrogen and oxygen atoms in total. The van der Waals surface area contributed by atoms with E-state index in [1.807, 2.05) is 48.5 Å². The van der Waals surface area contributed by atoms with Gasteiger partial charge in [0.1, 0.15) is 5.60 Å². The molecule has 0 aliphatic carbocycles. The van der Waals surface area contributed by atoms with Crippen molar-refractivity contribution in [2.75, 3.05) is 6.54 Å². The summed E-state index contributed by atoms with van der Waals surface area (Å²) in [5, 5.41) is 2.59. The topological polar surface area (TPSA) is 99.9 Å². The van der Waals surface area contributed by atoms with E-state index in [1.54, 1.807) is 0 Å². The monoisotopic (exact) mass is 370 g/mol. The predicted octanol–water partition coefficient (Wildman–Crippen LogP) is 2.88. The van der Waals surface area contributed by atoms with Crippen molar-refractivity contribution in [2.45, 2.75) is 90.9 Å². The molecule has 0 saturated carbocycles. The fourth-order valence-electron chi connectivity index (χ4n) is 2.80. The second-order valence-electron chi connectivity index (χ2n) is 9.02. The lowest BCUT2D eigenvalue weighted by molar-refractivity contribution is -0.156. The SMILES string of the molecule is CC(C)(C)OC(=O)CC(CCCB1OC(C)(C)C(C)(C)O1)CNC(N)=O. The summed E-state index contributed by atoms with van der Waals surface area (Å²) in [5.41, 5.74) is 3.94. The van der Waals surface area contributed by atoms with Gasteiger partial charge in [-0.05, 0) is 67.1 Å². The van der Waals surface area contributed by atoms with Crippen molar-refractivity contribution in [3.63, 3.8) is 0 Å². The van der Waals surface area contributed by atoms with Gasteiger partial charge < -0.3 is 25.1 Å². The number of amides is 2. The van der Waals surface area contributed by atoms with Crippen molar-refractivity contribution >= 4 is 19.1 Å². The van der Waals surface area contributed by atoms with Crippen LogP contribution < -0.4 is 11.1 Å². The first-order valence-corrected chi connectivity index (χ1v) is 9.32. The fraction of sp³-hybridized carbons (Fsp3) is 0.889. The van der Waals surface area contributed by atoms with E-state index in [9.17, 15) is 9.59 Å². The summed E-state index contributed by atoms with van der Waals surface area (Å²) in [4.78, 5) is 23.1. The van der Waals surface area contributed by atoms with Crippen LogP contribution in [-0.4, -0.2) is 42.5 Å². The van der Waals surface area contributed by atoms with Crippen LogP contribution in [0.4, 0.5) is 4.79 Å². The normalized spacial score (nSPS) is 19.9. The van der Waals surface area contributed by atoms with Gasteiger partial charge in [0, 0.05) is 6.54 Å². The van der Waals surface area contributed by atoms with Gasteiger partial charge in [0.2, 0.25) is 0 Å². The highest BCUT2D eigenvalue weighted by molar-refractivity contribution is 6.45. The average molecular weight is 370 g/mol. The third-order valence-electron chi connectivity index (χ3n) is 4.79. The number of rotatable bonds is 8. The van der Waals surface area contributed by atoms with E-state index in [0.717, 1.165) is 19.2 Å². The van der Waals surface area contributed by atoms with Gasteiger partial charge in [-0.3, -0.25) is 4.79 Å². The van der Waals surface area contributed by atoms with E-state index in [-0.39, 0.29) is 36.6 Å². The number of ether oxygens (including phenoxy) is 1. The zero-order valence-corrected chi connectivity index (χ0v) is 17.3. The van der Waals surface area contributed by atoms with Crippen molar-refractivity contribution in [3.8, 4) is 0 Å². The molecule has 150 valence electrons. The van der Waals surface area contributed by atoms with Crippen LogP contribution in [0, 0.1) is 5.92 Å². The number of hydrogen-bond donors (Lipinski definition) is 2. The first-order valence-electron chi connectivity index (χ1n) is 9.32. The van der Waals surface area contributed by atoms with Crippen LogP contribution in [0.5, 0.6) is 0 Å². The molecule has 1 unspecified atom stereocenters. The molecule has 1 saturated heterocycles. The predicted molar refractivity (Wildman–Crippen MR) is 102 cm³/mol. The van der Waals surface area contributed by atoms with Crippen LogP contribution in [0.2, 0.25) is 6.32 Å². The van der Waals surface area contributed by atoms with Gasteiger partial charge in [0.15, 0.2) is 0 Å². The van der Waals surface area contributed by atoms with Crippen LogP contribution in [0.1, 0.15) is 67.7 Å². The first kappa shape index (κ1) is 22.8. The number of nitrogens with two attached hydrogens (primary N) is 1. The van der Waals surface area contributed by atoms with E-state index in [1.165, 1.54) is 0 Å². The number of carbonyl (C=O) groups excluding carboxylic acids is 2. The molecule has 0 bridgehead atoms. The van der Waals surface area contributed by atoms with Gasteiger partial charge in [0.05, 0.1) is 17.6 Å². The maximum absolute atomic E-state index is 12.1. The van der Waals surface area contributed by atoms with Crippen LogP contribution in [0.25, 0.3) is 0 Å². The summed E-state index contributed by atoms with van der Waals surface area (Å²) in [7, 11) is -0.258. The number of primary amides is 1. The molecule has 3 N–H and O–H groups in total. The molecule has 2 amide bonds. The van der Waals surface area contributed by atoms with Crippen molar-refractivity contribution < 1.29 is 23.6 Å². The molecule has 1 heterocycles. The Morgan fingerprint density at radius 2 is 1.69 bits per heavy atom. The summed E-state index contributed by atoms with van der Waals surface area (Å²) in [6, 6.07) is -0.592. The van der Waals surface area contributed by atoms with Crippen LogP contribution in [0.15, 0.2) is 0 Å². The smallest absolute Gasteiger partial charge is 0.457 e. The highest BCUT2D eigenvalue weighted by Gasteiger charge is 2.50. The summed E-state index contributed by atoms with van der Waals surface area (Å²) >= 11 is 0. The number of hydrogen-bond acceptors (Lipinski definition) is 5. The number of carbonyl (C=O) groups is 2. The van der Waals surface area contributed by atoms with Gasteiger partial charge in [0.25, 0.3) is 0 Å². The Hall–Kier alpha value is -1.28. The van der Waals surface area contributed by atoms with Gasteiger partial charge >= 0.3 is 19.1 Å². The lowest BCUT2D eigenvalue weighted by Gasteiger charge is -2.32. The number of nitrogens with one attached hydrogen (secondary N) is 1. The lowest BCUT2D eigenvalue weighted by atomic mass is 9.80. The Bertz CT molecular complexity index is 486. The largest absolute Gasteiger partial charge is 0.460 e. The van der Waals surface area contributed by atoms with Crippen LogP contribution in [-0.2, 0) is 18.8 Å². The molecule has 1 rings (SSSR count). The van der Waals surface area contributed by atoms with Crippen molar-refractivity contribution in [3.05, 3.63) is 0 Å². The third kappa shape index (κ3) is 7.54. The maximum Gasteiger partial charge on any atom is 0.457 e. The molecule has 1 fully saturated rings. The summed E-state index contributed by atoms with van der Waals surface area (Å²) in [5.74, 6) is -0.316. The molecule has 1 atom stereocenters. The highest BCUT2D eigenvalue weighted by Crippen LogP contribution is 2.38. The maximum atomic E-state index is 12.1. The third-order valence-corrected chi connectivity index (χ3v) is 4.79. The Labute approximate surface area is 157 Å². The summed E-state index contributed by atoms with van der Waals surface area (Å²) < 4.78 is 17.4. The van der Waals surface area contributed by atoms with E-state index in [2.05, 4.69) is 5.32 Å². The second-order valence-corrected chi connectivity index (χ2v) is 9.02. The Balaban J connectivity index is 2.50. The van der Waals surface area contributed by atoms with Gasteiger partial charge in [-0.25, -0.2) is 4.79 Å². The van der Waals surface area contributed by atoms with Crippen molar-refractivity contribution in [1.82, 2.24) is 5.32 Å². The van der Waals surface area contributed by atoms with E-state index in [0.29, 0.717) is 6.54 Å². The molecule has 1 aliphatic rings. The van der Waals surface area contributed by atoms with Gasteiger partial charge in [-0.1, -0.05) is 6.42 Å². The fourth-order valence-corrected chi connectivity index (χ4v) is 2.80. The molecule has 0 aromatic carbocycles. The molecule has 1 aliphatic heterocycles. The molecule has 26 heavy (non-hydrogen) atoms. The van der Waals surface area contributed by atoms with Gasteiger partial charge in [-0.2, -0.15) is 0 Å². The molecular formula is C18H35BN2O5. The zero-order chi connectivity index (χ0) is 20.2. The first-order chi connectivity index (χ1) is 11.7.